The molecule has 0 amide bonds. The van der Waals surface area contributed by atoms with Gasteiger partial charge in [-0.1, -0.05) is 24.3 Å². The van der Waals surface area contributed by atoms with Crippen LogP contribution >= 0.6 is 0 Å². The summed E-state index contributed by atoms with van der Waals surface area (Å²) >= 11 is 0. The van der Waals surface area contributed by atoms with Gasteiger partial charge in [-0.15, -0.1) is 0 Å². The Morgan fingerprint density at radius 3 is 2.48 bits per heavy atom. The number of sulfone groups is 1. The number of benzene rings is 2. The fourth-order valence-electron chi connectivity index (χ4n) is 3.75. The van der Waals surface area contributed by atoms with E-state index in [1.54, 1.807) is 30.5 Å². The van der Waals surface area contributed by atoms with Gasteiger partial charge in [0, 0.05) is 39.1 Å². The maximum Gasteiger partial charge on any atom is 0.175 e. The van der Waals surface area contributed by atoms with Gasteiger partial charge in [-0.3, -0.25) is 4.90 Å². The summed E-state index contributed by atoms with van der Waals surface area (Å²) in [7, 11) is 0.866. The molecule has 0 aliphatic carbocycles. The van der Waals surface area contributed by atoms with Gasteiger partial charge in [0.05, 0.1) is 36.0 Å². The van der Waals surface area contributed by atoms with Crippen LogP contribution in [0.3, 0.4) is 0 Å². The number of aromatic nitrogens is 2. The first-order valence-electron chi connectivity index (χ1n) is 10.2. The fraction of sp³-hybridized carbons (Fsp3) is 0.348. The minimum Gasteiger partial charge on any atom is -0.378 e. The Balaban J connectivity index is 1.52. The standard InChI is InChI=1S/C23H28N4O3S/c1-26(2)19-8-4-17(5-9-19)15-27-12-13-30-16-22(27)23-24-14-21(25-23)18-6-10-20(11-7-18)31(3,28)29/h4-11,14,22H,12-13,15-16H2,1-3H3,(H,24,25). The second-order valence-electron chi connectivity index (χ2n) is 8.10. The van der Waals surface area contributed by atoms with E-state index in [0.29, 0.717) is 18.1 Å². The minimum atomic E-state index is -3.21. The number of aromatic amines is 1. The molecule has 7 nitrogen and oxygen atoms in total. The number of imidazole rings is 1. The smallest absolute Gasteiger partial charge is 0.175 e. The molecule has 2 heterocycles. The predicted octanol–water partition coefficient (Wildman–Crippen LogP) is 3.12. The van der Waals surface area contributed by atoms with E-state index in [1.807, 2.05) is 14.1 Å². The molecule has 164 valence electrons. The molecule has 4 rings (SSSR count). The first-order chi connectivity index (χ1) is 14.8. The van der Waals surface area contributed by atoms with Crippen molar-refractivity contribution >= 4 is 15.5 Å². The lowest BCUT2D eigenvalue weighted by atomic mass is 10.1. The molecule has 0 radical (unpaired) electrons. The summed E-state index contributed by atoms with van der Waals surface area (Å²) in [6.45, 7) is 2.93. The second kappa shape index (κ2) is 8.82. The van der Waals surface area contributed by atoms with Gasteiger partial charge in [-0.05, 0) is 35.4 Å². The summed E-state index contributed by atoms with van der Waals surface area (Å²) in [5.74, 6) is 0.854. The number of morpholine rings is 1. The van der Waals surface area contributed by atoms with Crippen LogP contribution in [0.25, 0.3) is 11.3 Å². The van der Waals surface area contributed by atoms with Crippen LogP contribution in [0.5, 0.6) is 0 Å². The average Bonchev–Trinajstić information content (AvgIpc) is 3.24. The van der Waals surface area contributed by atoms with E-state index in [-0.39, 0.29) is 6.04 Å². The van der Waals surface area contributed by atoms with Crippen molar-refractivity contribution in [1.29, 1.82) is 0 Å². The lowest BCUT2D eigenvalue weighted by molar-refractivity contribution is -0.0156. The summed E-state index contributed by atoms with van der Waals surface area (Å²) in [5.41, 5.74) is 4.19. The van der Waals surface area contributed by atoms with E-state index >= 15 is 0 Å². The topological polar surface area (TPSA) is 78.5 Å². The Morgan fingerprint density at radius 2 is 1.84 bits per heavy atom. The molecule has 1 aliphatic rings. The minimum absolute atomic E-state index is 0.0336. The largest absolute Gasteiger partial charge is 0.378 e. The molecule has 1 fully saturated rings. The summed E-state index contributed by atoms with van der Waals surface area (Å²) in [4.78, 5) is 12.8. The van der Waals surface area contributed by atoms with Crippen LogP contribution in [0.2, 0.25) is 0 Å². The van der Waals surface area contributed by atoms with Gasteiger partial charge in [-0.25, -0.2) is 13.4 Å². The molecule has 1 atom stereocenters. The van der Waals surface area contributed by atoms with Crippen molar-refractivity contribution in [2.45, 2.75) is 17.5 Å². The molecule has 1 aliphatic heterocycles. The maximum absolute atomic E-state index is 11.7. The molecule has 8 heteroatoms. The van der Waals surface area contributed by atoms with Crippen LogP contribution in [0.4, 0.5) is 5.69 Å². The molecule has 31 heavy (non-hydrogen) atoms. The first kappa shape index (κ1) is 21.5. The molecular weight excluding hydrogens is 412 g/mol. The zero-order chi connectivity index (χ0) is 22.0. The lowest BCUT2D eigenvalue weighted by Gasteiger charge is -2.34. The Bertz CT molecular complexity index is 1120. The van der Waals surface area contributed by atoms with E-state index in [2.05, 4.69) is 44.0 Å². The average molecular weight is 441 g/mol. The van der Waals surface area contributed by atoms with Gasteiger partial charge in [0.25, 0.3) is 0 Å². The quantitative estimate of drug-likeness (QED) is 0.635. The number of nitrogens with zero attached hydrogens (tertiary/aromatic N) is 3. The van der Waals surface area contributed by atoms with Gasteiger partial charge >= 0.3 is 0 Å². The van der Waals surface area contributed by atoms with E-state index in [9.17, 15) is 8.42 Å². The Labute approximate surface area is 183 Å². The van der Waals surface area contributed by atoms with Crippen LogP contribution in [0.15, 0.2) is 59.6 Å². The SMILES string of the molecule is CN(C)c1ccc(CN2CCOCC2c2ncc(-c3ccc(S(C)(=O)=O)cc3)[nH]2)cc1. The van der Waals surface area contributed by atoms with Crippen molar-refractivity contribution in [2.24, 2.45) is 0 Å². The molecule has 1 unspecified atom stereocenters. The highest BCUT2D eigenvalue weighted by atomic mass is 32.2. The number of rotatable bonds is 6. The summed E-state index contributed by atoms with van der Waals surface area (Å²) in [6, 6.07) is 15.5. The van der Waals surface area contributed by atoms with Crippen molar-refractivity contribution in [3.05, 3.63) is 66.1 Å². The molecule has 2 aromatic carbocycles. The van der Waals surface area contributed by atoms with Crippen LogP contribution in [-0.2, 0) is 21.1 Å². The Hall–Kier alpha value is -2.68. The normalized spacial score (nSPS) is 17.6. The van der Waals surface area contributed by atoms with Crippen molar-refractivity contribution in [3.8, 4) is 11.3 Å². The predicted molar refractivity (Wildman–Crippen MR) is 122 cm³/mol. The molecule has 0 bridgehead atoms. The summed E-state index contributed by atoms with van der Waals surface area (Å²) in [5, 5.41) is 0. The van der Waals surface area contributed by atoms with Gasteiger partial charge < -0.3 is 14.6 Å². The maximum atomic E-state index is 11.7. The van der Waals surface area contributed by atoms with Crippen molar-refractivity contribution in [1.82, 2.24) is 14.9 Å². The number of H-pyrrole nitrogens is 1. The molecular formula is C23H28N4O3S. The fourth-order valence-corrected chi connectivity index (χ4v) is 4.38. The highest BCUT2D eigenvalue weighted by molar-refractivity contribution is 7.90. The number of hydrogen-bond acceptors (Lipinski definition) is 6. The zero-order valence-electron chi connectivity index (χ0n) is 18.1. The third-order valence-corrected chi connectivity index (χ3v) is 6.71. The van der Waals surface area contributed by atoms with E-state index in [0.717, 1.165) is 30.2 Å². The Morgan fingerprint density at radius 1 is 1.13 bits per heavy atom. The van der Waals surface area contributed by atoms with Crippen LogP contribution in [0.1, 0.15) is 17.4 Å². The van der Waals surface area contributed by atoms with Crippen molar-refractivity contribution < 1.29 is 13.2 Å². The van der Waals surface area contributed by atoms with Crippen LogP contribution < -0.4 is 4.90 Å². The van der Waals surface area contributed by atoms with Crippen molar-refractivity contribution in [3.63, 3.8) is 0 Å². The number of nitrogens with one attached hydrogen (secondary N) is 1. The summed E-state index contributed by atoms with van der Waals surface area (Å²) < 4.78 is 29.1. The second-order valence-corrected chi connectivity index (χ2v) is 10.1. The monoisotopic (exact) mass is 440 g/mol. The zero-order valence-corrected chi connectivity index (χ0v) is 18.9. The highest BCUT2D eigenvalue weighted by Gasteiger charge is 2.27. The highest BCUT2D eigenvalue weighted by Crippen LogP contribution is 2.27. The number of hydrogen-bond donors (Lipinski definition) is 1. The van der Waals surface area contributed by atoms with E-state index in [1.165, 1.54) is 17.5 Å². The molecule has 0 saturated carbocycles. The number of ether oxygens (including phenoxy) is 1. The molecule has 1 aromatic heterocycles. The van der Waals surface area contributed by atoms with Crippen LogP contribution in [-0.4, -0.2) is 63.4 Å². The van der Waals surface area contributed by atoms with Gasteiger partial charge in [0.1, 0.15) is 5.82 Å². The Kier molecular flexibility index (Phi) is 6.13. The molecule has 0 spiro atoms. The molecule has 1 saturated heterocycles. The molecule has 3 aromatic rings. The first-order valence-corrected chi connectivity index (χ1v) is 12.1. The lowest BCUT2D eigenvalue weighted by Crippen LogP contribution is -2.39. The van der Waals surface area contributed by atoms with E-state index in [4.69, 9.17) is 4.74 Å². The molecule has 1 N–H and O–H groups in total. The van der Waals surface area contributed by atoms with Crippen molar-refractivity contribution in [2.75, 3.05) is 45.0 Å². The third kappa shape index (κ3) is 4.98. The van der Waals surface area contributed by atoms with E-state index < -0.39 is 9.84 Å². The third-order valence-electron chi connectivity index (χ3n) is 5.58. The van der Waals surface area contributed by atoms with Gasteiger partial charge in [-0.2, -0.15) is 0 Å². The number of anilines is 1. The van der Waals surface area contributed by atoms with Gasteiger partial charge in [0.2, 0.25) is 0 Å². The summed E-state index contributed by atoms with van der Waals surface area (Å²) in [6.07, 6.45) is 3.01. The van der Waals surface area contributed by atoms with Gasteiger partial charge in [0.15, 0.2) is 9.84 Å². The van der Waals surface area contributed by atoms with Crippen LogP contribution in [0, 0.1) is 0 Å².